The van der Waals surface area contributed by atoms with Gasteiger partial charge in [-0.3, -0.25) is 4.79 Å². The Morgan fingerprint density at radius 1 is 1.03 bits per heavy atom. The number of thioether (sulfide) groups is 1. The Morgan fingerprint density at radius 3 is 2.45 bits per heavy atom. The molecule has 3 aromatic carbocycles. The molecule has 1 amide bonds. The van der Waals surface area contributed by atoms with E-state index in [2.05, 4.69) is 20.9 Å². The number of carbonyl (C=O) groups excluding carboxylic acids is 1. The van der Waals surface area contributed by atoms with E-state index in [0.717, 1.165) is 16.9 Å². The van der Waals surface area contributed by atoms with Crippen LogP contribution in [0.1, 0.15) is 11.6 Å². The maximum absolute atomic E-state index is 13.4. The van der Waals surface area contributed by atoms with Gasteiger partial charge in [0.25, 0.3) is 0 Å². The number of rotatable bonds is 5. The van der Waals surface area contributed by atoms with Crippen LogP contribution in [0.4, 0.5) is 5.69 Å². The van der Waals surface area contributed by atoms with Crippen molar-refractivity contribution in [1.82, 2.24) is 14.9 Å². The Balaban J connectivity index is 1.48. The molecule has 2 heterocycles. The normalized spacial score (nSPS) is 17.0. The minimum Gasteiger partial charge on any atom is -0.497 e. The number of ether oxygens (including phenoxy) is 1. The van der Waals surface area contributed by atoms with Gasteiger partial charge in [-0.25, -0.2) is 4.68 Å². The summed E-state index contributed by atoms with van der Waals surface area (Å²) >= 11 is 7.48. The molecule has 5 rings (SSSR count). The van der Waals surface area contributed by atoms with E-state index < -0.39 is 5.25 Å². The minimum atomic E-state index is -0.492. The van der Waals surface area contributed by atoms with Crippen molar-refractivity contribution in [2.24, 2.45) is 0 Å². The van der Waals surface area contributed by atoms with Crippen molar-refractivity contribution < 1.29 is 9.53 Å². The number of halogens is 1. The monoisotopic (exact) mass is 477 g/mol. The maximum atomic E-state index is 13.4. The highest BCUT2D eigenvalue weighted by Crippen LogP contribution is 2.39. The van der Waals surface area contributed by atoms with Crippen molar-refractivity contribution in [2.75, 3.05) is 17.9 Å². The van der Waals surface area contributed by atoms with Gasteiger partial charge in [-0.1, -0.05) is 65.8 Å². The summed E-state index contributed by atoms with van der Waals surface area (Å²) in [4.78, 5) is 13.4. The van der Waals surface area contributed by atoms with E-state index in [1.807, 2.05) is 71.4 Å². The van der Waals surface area contributed by atoms with E-state index in [9.17, 15) is 4.79 Å². The number of nitrogens with zero attached hydrogens (tertiary/aromatic N) is 3. The summed E-state index contributed by atoms with van der Waals surface area (Å²) in [5, 5.41) is 12.5. The molecular formula is C24H20ClN5O2S. The lowest BCUT2D eigenvalue weighted by Gasteiger charge is -2.33. The third-order valence-electron chi connectivity index (χ3n) is 5.31. The van der Waals surface area contributed by atoms with Gasteiger partial charge >= 0.3 is 0 Å². The molecule has 0 spiro atoms. The first-order valence-corrected chi connectivity index (χ1v) is 11.5. The number of methoxy groups -OCH3 is 1. The predicted molar refractivity (Wildman–Crippen MR) is 130 cm³/mol. The fourth-order valence-electron chi connectivity index (χ4n) is 3.64. The third kappa shape index (κ3) is 4.40. The molecule has 0 saturated carbocycles. The minimum absolute atomic E-state index is 0.145. The summed E-state index contributed by atoms with van der Waals surface area (Å²) in [7, 11) is 1.61. The fraction of sp³-hybridized carbons (Fsp3) is 0.125. The quantitative estimate of drug-likeness (QED) is 0.421. The van der Waals surface area contributed by atoms with Crippen molar-refractivity contribution in [1.29, 1.82) is 0 Å². The van der Waals surface area contributed by atoms with Crippen LogP contribution in [-0.4, -0.2) is 33.1 Å². The van der Waals surface area contributed by atoms with Gasteiger partial charge in [0.15, 0.2) is 5.82 Å². The topological polar surface area (TPSA) is 81.1 Å². The van der Waals surface area contributed by atoms with Crippen LogP contribution in [0.5, 0.6) is 5.75 Å². The van der Waals surface area contributed by atoms with Gasteiger partial charge in [-0.05, 0) is 42.0 Å². The Morgan fingerprint density at radius 2 is 1.76 bits per heavy atom. The molecule has 0 radical (unpaired) electrons. The number of hydrogen-bond acceptors (Lipinski definition) is 6. The van der Waals surface area contributed by atoms with Crippen molar-refractivity contribution in [2.45, 2.75) is 16.4 Å². The summed E-state index contributed by atoms with van der Waals surface area (Å²) in [6, 6.07) is 24.2. The van der Waals surface area contributed by atoms with E-state index in [1.165, 1.54) is 11.8 Å². The first kappa shape index (κ1) is 21.4. The Kier molecular flexibility index (Phi) is 5.93. The number of benzene rings is 3. The van der Waals surface area contributed by atoms with Crippen LogP contribution < -0.4 is 15.5 Å². The molecule has 0 bridgehead atoms. The van der Waals surface area contributed by atoms with Crippen LogP contribution in [0.25, 0.3) is 11.4 Å². The van der Waals surface area contributed by atoms with Crippen molar-refractivity contribution in [3.8, 4) is 17.1 Å². The number of hydrogen-bond donors (Lipinski definition) is 2. The van der Waals surface area contributed by atoms with E-state index in [0.29, 0.717) is 21.7 Å². The molecule has 4 aromatic rings. The van der Waals surface area contributed by atoms with E-state index in [1.54, 1.807) is 19.2 Å². The highest BCUT2D eigenvalue weighted by atomic mass is 35.5. The summed E-state index contributed by atoms with van der Waals surface area (Å²) in [6.07, 6.45) is 0. The zero-order chi connectivity index (χ0) is 22.8. The zero-order valence-electron chi connectivity index (χ0n) is 17.6. The number of anilines is 1. The standard InChI is InChI=1S/C24H20ClN5O2S/c1-32-19-13-11-18(12-14-19)26-23(31)21-20(15-7-9-17(25)10-8-15)29-30-22(27-28-24(30)33-21)16-5-3-2-4-6-16/h2-14,20-21,29H,1H3,(H,26,31)/t20-,21+/m0/s1. The lowest BCUT2D eigenvalue weighted by molar-refractivity contribution is -0.116. The van der Waals surface area contributed by atoms with Gasteiger partial charge in [0, 0.05) is 16.3 Å². The molecule has 9 heteroatoms. The summed E-state index contributed by atoms with van der Waals surface area (Å²) in [6.45, 7) is 0. The number of fused-ring (bicyclic) bond motifs is 1. The lowest BCUT2D eigenvalue weighted by Crippen LogP contribution is -2.41. The van der Waals surface area contributed by atoms with Gasteiger partial charge in [0.05, 0.1) is 13.2 Å². The molecule has 33 heavy (non-hydrogen) atoms. The highest BCUT2D eigenvalue weighted by molar-refractivity contribution is 8.00. The van der Waals surface area contributed by atoms with Crippen LogP contribution in [-0.2, 0) is 4.79 Å². The van der Waals surface area contributed by atoms with Gasteiger partial charge < -0.3 is 15.5 Å². The number of carbonyl (C=O) groups is 1. The lowest BCUT2D eigenvalue weighted by atomic mass is 10.0. The third-order valence-corrected chi connectivity index (χ3v) is 6.78. The fourth-order valence-corrected chi connectivity index (χ4v) is 4.84. The van der Waals surface area contributed by atoms with Gasteiger partial charge in [0.1, 0.15) is 11.0 Å². The second kappa shape index (κ2) is 9.17. The largest absolute Gasteiger partial charge is 0.497 e. The molecule has 2 atom stereocenters. The van der Waals surface area contributed by atoms with Gasteiger partial charge in [0.2, 0.25) is 11.1 Å². The predicted octanol–water partition coefficient (Wildman–Crippen LogP) is 5.00. The Bertz CT molecular complexity index is 1260. The second-order valence-corrected chi connectivity index (χ2v) is 8.97. The number of aromatic nitrogens is 3. The molecular weight excluding hydrogens is 458 g/mol. The molecule has 1 aliphatic heterocycles. The average Bonchev–Trinajstić information content (AvgIpc) is 3.28. The van der Waals surface area contributed by atoms with Crippen LogP contribution in [0.15, 0.2) is 84.0 Å². The smallest absolute Gasteiger partial charge is 0.240 e. The number of nitrogens with one attached hydrogen (secondary N) is 2. The molecule has 1 aromatic heterocycles. The summed E-state index contributed by atoms with van der Waals surface area (Å²) in [5.41, 5.74) is 6.01. The second-order valence-electron chi connectivity index (χ2n) is 7.42. The molecule has 166 valence electrons. The highest BCUT2D eigenvalue weighted by Gasteiger charge is 2.38. The zero-order valence-corrected chi connectivity index (χ0v) is 19.2. The molecule has 0 fully saturated rings. The van der Waals surface area contributed by atoms with E-state index in [4.69, 9.17) is 16.3 Å². The van der Waals surface area contributed by atoms with E-state index in [-0.39, 0.29) is 11.9 Å². The average molecular weight is 478 g/mol. The Hall–Kier alpha value is -3.49. The molecule has 2 N–H and O–H groups in total. The summed E-state index contributed by atoms with van der Waals surface area (Å²) < 4.78 is 7.04. The molecule has 7 nitrogen and oxygen atoms in total. The van der Waals surface area contributed by atoms with E-state index >= 15 is 0 Å². The van der Waals surface area contributed by atoms with Crippen LogP contribution in [0, 0.1) is 0 Å². The van der Waals surface area contributed by atoms with Gasteiger partial charge in [-0.15, -0.1) is 10.2 Å². The first-order valence-electron chi connectivity index (χ1n) is 10.3. The molecule has 0 unspecified atom stereocenters. The van der Waals surface area contributed by atoms with Crippen LogP contribution in [0.2, 0.25) is 5.02 Å². The van der Waals surface area contributed by atoms with Crippen LogP contribution in [0.3, 0.4) is 0 Å². The summed E-state index contributed by atoms with van der Waals surface area (Å²) in [5.74, 6) is 1.27. The van der Waals surface area contributed by atoms with Crippen molar-refractivity contribution in [3.63, 3.8) is 0 Å². The number of amides is 1. The molecule has 0 aliphatic carbocycles. The van der Waals surface area contributed by atoms with Crippen molar-refractivity contribution >= 4 is 35.0 Å². The molecule has 0 saturated heterocycles. The Labute approximate surface area is 200 Å². The maximum Gasteiger partial charge on any atom is 0.240 e. The van der Waals surface area contributed by atoms with Crippen molar-refractivity contribution in [3.05, 3.63) is 89.4 Å². The SMILES string of the molecule is COc1ccc(NC(=O)[C@@H]2Sc3nnc(-c4ccccc4)n3N[C@H]2c2ccc(Cl)cc2)cc1. The molecule has 1 aliphatic rings. The van der Waals surface area contributed by atoms with Gasteiger partial charge in [-0.2, -0.15) is 0 Å². The van der Waals surface area contributed by atoms with Crippen LogP contribution >= 0.6 is 23.4 Å². The first-order chi connectivity index (χ1) is 16.1.